The highest BCUT2D eigenvalue weighted by Crippen LogP contribution is 2.29. The molecule has 0 spiro atoms. The van der Waals surface area contributed by atoms with E-state index < -0.39 is 0 Å². The van der Waals surface area contributed by atoms with Gasteiger partial charge in [-0.25, -0.2) is 4.79 Å². The summed E-state index contributed by atoms with van der Waals surface area (Å²) in [4.78, 5) is 14.2. The normalized spacial score (nSPS) is 23.9. The number of aromatic amines is 1. The van der Waals surface area contributed by atoms with Crippen LogP contribution in [0.1, 0.15) is 29.5 Å². The van der Waals surface area contributed by atoms with Gasteiger partial charge in [-0.3, -0.25) is 0 Å². The quantitative estimate of drug-likeness (QED) is 0.733. The highest BCUT2D eigenvalue weighted by Gasteiger charge is 2.31. The van der Waals surface area contributed by atoms with Crippen LogP contribution in [0.15, 0.2) is 12.1 Å². The Morgan fingerprint density at radius 3 is 3.00 bits per heavy atom. The molecule has 15 heavy (non-hydrogen) atoms. The predicted molar refractivity (Wildman–Crippen MR) is 56.5 cm³/mol. The van der Waals surface area contributed by atoms with Crippen molar-refractivity contribution in [3.63, 3.8) is 0 Å². The van der Waals surface area contributed by atoms with E-state index in [9.17, 15) is 4.79 Å². The third kappa shape index (κ3) is 2.39. The average molecular weight is 208 g/mol. The number of ether oxygens (including phenoxy) is 1. The van der Waals surface area contributed by atoms with Crippen LogP contribution in [0, 0.1) is 5.92 Å². The number of H-pyrrole nitrogens is 1. The maximum absolute atomic E-state index is 11.2. The summed E-state index contributed by atoms with van der Waals surface area (Å²) in [6.45, 7) is 3.01. The zero-order chi connectivity index (χ0) is 10.8. The molecule has 2 atom stereocenters. The lowest BCUT2D eigenvalue weighted by Gasteiger charge is -2.00. The number of aromatic nitrogens is 1. The molecule has 1 aliphatic carbocycles. The molecular formula is C11H16N2O2. The number of hydrogen-bond acceptors (Lipinski definition) is 3. The summed E-state index contributed by atoms with van der Waals surface area (Å²) in [6.07, 6.45) is 1.25. The molecule has 0 saturated heterocycles. The molecule has 0 radical (unpaired) electrons. The number of hydrogen-bond donors (Lipinski definition) is 2. The monoisotopic (exact) mass is 208 g/mol. The van der Waals surface area contributed by atoms with E-state index in [1.807, 2.05) is 6.07 Å². The molecular weight excluding hydrogens is 192 g/mol. The zero-order valence-electron chi connectivity index (χ0n) is 9.04. The lowest BCUT2D eigenvalue weighted by Crippen LogP contribution is -2.17. The summed E-state index contributed by atoms with van der Waals surface area (Å²) in [5, 5.41) is 3.41. The Balaban J connectivity index is 1.86. The van der Waals surface area contributed by atoms with Gasteiger partial charge in [-0.2, -0.15) is 0 Å². The van der Waals surface area contributed by atoms with E-state index in [1.54, 1.807) is 6.07 Å². The Morgan fingerprint density at radius 2 is 2.40 bits per heavy atom. The maximum atomic E-state index is 11.2. The van der Waals surface area contributed by atoms with Crippen LogP contribution in [0.4, 0.5) is 0 Å². The van der Waals surface area contributed by atoms with Gasteiger partial charge in [0.1, 0.15) is 5.69 Å². The second-order valence-electron chi connectivity index (χ2n) is 4.09. The first-order valence-electron chi connectivity index (χ1n) is 5.20. The van der Waals surface area contributed by atoms with E-state index in [4.69, 9.17) is 0 Å². The van der Waals surface area contributed by atoms with Gasteiger partial charge >= 0.3 is 5.97 Å². The fourth-order valence-corrected chi connectivity index (χ4v) is 1.62. The Kier molecular flexibility index (Phi) is 2.77. The molecule has 82 valence electrons. The first-order chi connectivity index (χ1) is 7.20. The fraction of sp³-hybridized carbons (Fsp3) is 0.545. The van der Waals surface area contributed by atoms with Crippen LogP contribution < -0.4 is 5.32 Å². The van der Waals surface area contributed by atoms with Crippen LogP contribution in [-0.4, -0.2) is 24.1 Å². The largest absolute Gasteiger partial charge is 0.464 e. The van der Waals surface area contributed by atoms with Gasteiger partial charge in [0.25, 0.3) is 0 Å². The highest BCUT2D eigenvalue weighted by atomic mass is 16.5. The topological polar surface area (TPSA) is 54.1 Å². The van der Waals surface area contributed by atoms with Crippen molar-refractivity contribution in [3.8, 4) is 0 Å². The van der Waals surface area contributed by atoms with Gasteiger partial charge in [0.2, 0.25) is 0 Å². The molecule has 1 fully saturated rings. The van der Waals surface area contributed by atoms with E-state index in [0.29, 0.717) is 11.7 Å². The van der Waals surface area contributed by atoms with E-state index >= 15 is 0 Å². The van der Waals surface area contributed by atoms with Gasteiger partial charge in [-0.05, 0) is 24.5 Å². The molecule has 0 bridgehead atoms. The molecule has 4 nitrogen and oxygen atoms in total. The number of carbonyl (C=O) groups excluding carboxylic acids is 1. The van der Waals surface area contributed by atoms with Gasteiger partial charge in [0.05, 0.1) is 7.11 Å². The summed E-state index contributed by atoms with van der Waals surface area (Å²) >= 11 is 0. The Labute approximate surface area is 89.0 Å². The van der Waals surface area contributed by atoms with E-state index in [1.165, 1.54) is 13.5 Å². The second kappa shape index (κ2) is 4.06. The van der Waals surface area contributed by atoms with Crippen LogP contribution in [0.2, 0.25) is 0 Å². The van der Waals surface area contributed by atoms with Crippen molar-refractivity contribution in [2.24, 2.45) is 5.92 Å². The van der Waals surface area contributed by atoms with E-state index in [2.05, 4.69) is 22.0 Å². The lowest BCUT2D eigenvalue weighted by molar-refractivity contribution is 0.0594. The molecule has 0 amide bonds. The van der Waals surface area contributed by atoms with Crippen molar-refractivity contribution < 1.29 is 9.53 Å². The molecule has 1 heterocycles. The highest BCUT2D eigenvalue weighted by molar-refractivity contribution is 5.87. The molecule has 2 unspecified atom stereocenters. The molecule has 1 aromatic heterocycles. The van der Waals surface area contributed by atoms with Gasteiger partial charge in [-0.1, -0.05) is 6.92 Å². The zero-order valence-corrected chi connectivity index (χ0v) is 9.04. The number of nitrogens with one attached hydrogen (secondary N) is 2. The van der Waals surface area contributed by atoms with E-state index in [0.717, 1.165) is 18.2 Å². The Bertz CT molecular complexity index is 359. The van der Waals surface area contributed by atoms with Crippen molar-refractivity contribution in [2.75, 3.05) is 7.11 Å². The average Bonchev–Trinajstić information content (AvgIpc) is 2.77. The van der Waals surface area contributed by atoms with Crippen molar-refractivity contribution in [1.29, 1.82) is 0 Å². The molecule has 2 N–H and O–H groups in total. The van der Waals surface area contributed by atoms with Crippen LogP contribution >= 0.6 is 0 Å². The summed E-state index contributed by atoms with van der Waals surface area (Å²) < 4.78 is 4.61. The first-order valence-corrected chi connectivity index (χ1v) is 5.20. The summed E-state index contributed by atoms with van der Waals surface area (Å²) in [5.74, 6) is 0.473. The third-order valence-electron chi connectivity index (χ3n) is 2.82. The molecule has 0 aromatic carbocycles. The fourth-order valence-electron chi connectivity index (χ4n) is 1.62. The summed E-state index contributed by atoms with van der Waals surface area (Å²) in [5.41, 5.74) is 1.53. The number of rotatable bonds is 4. The number of carbonyl (C=O) groups is 1. The standard InChI is InChI=1S/C11H16N2O2/c1-7-5-10(7)12-6-8-3-4-9(13-8)11(14)15-2/h3-4,7,10,12-13H,5-6H2,1-2H3. The van der Waals surface area contributed by atoms with Crippen molar-refractivity contribution >= 4 is 5.97 Å². The summed E-state index contributed by atoms with van der Waals surface area (Å²) in [7, 11) is 1.38. The maximum Gasteiger partial charge on any atom is 0.354 e. The van der Waals surface area contributed by atoms with Crippen LogP contribution in [0.3, 0.4) is 0 Å². The number of esters is 1. The SMILES string of the molecule is COC(=O)c1ccc(CNC2CC2C)[nH]1. The molecule has 2 rings (SSSR count). The molecule has 1 saturated carbocycles. The van der Waals surface area contributed by atoms with Gasteiger partial charge in [0.15, 0.2) is 0 Å². The van der Waals surface area contributed by atoms with Gasteiger partial charge in [0, 0.05) is 18.3 Å². The predicted octanol–water partition coefficient (Wildman–Crippen LogP) is 1.30. The Hall–Kier alpha value is -1.29. The first kappa shape index (κ1) is 10.2. The Morgan fingerprint density at radius 1 is 1.67 bits per heavy atom. The smallest absolute Gasteiger partial charge is 0.354 e. The molecule has 0 aliphatic heterocycles. The van der Waals surface area contributed by atoms with Crippen LogP contribution in [0.5, 0.6) is 0 Å². The van der Waals surface area contributed by atoms with Gasteiger partial charge in [-0.15, -0.1) is 0 Å². The minimum atomic E-state index is -0.318. The molecule has 4 heteroatoms. The van der Waals surface area contributed by atoms with Crippen molar-refractivity contribution in [1.82, 2.24) is 10.3 Å². The molecule has 1 aliphatic rings. The van der Waals surface area contributed by atoms with E-state index in [-0.39, 0.29) is 5.97 Å². The second-order valence-corrected chi connectivity index (χ2v) is 4.09. The minimum absolute atomic E-state index is 0.318. The van der Waals surface area contributed by atoms with Gasteiger partial charge < -0.3 is 15.0 Å². The molecule has 1 aromatic rings. The third-order valence-corrected chi connectivity index (χ3v) is 2.82. The minimum Gasteiger partial charge on any atom is -0.464 e. The number of methoxy groups -OCH3 is 1. The van der Waals surface area contributed by atoms with Crippen LogP contribution in [0.25, 0.3) is 0 Å². The lowest BCUT2D eigenvalue weighted by atomic mass is 10.4. The van der Waals surface area contributed by atoms with Crippen LogP contribution in [-0.2, 0) is 11.3 Å². The summed E-state index contributed by atoms with van der Waals surface area (Å²) in [6, 6.07) is 4.31. The van der Waals surface area contributed by atoms with Crippen molar-refractivity contribution in [3.05, 3.63) is 23.5 Å². The van der Waals surface area contributed by atoms with Crippen molar-refractivity contribution in [2.45, 2.75) is 25.9 Å².